The molecule has 1 unspecified atom stereocenters. The summed E-state index contributed by atoms with van der Waals surface area (Å²) in [7, 11) is 0. The number of nitrogens with zero attached hydrogens (tertiary/aromatic N) is 2. The highest BCUT2D eigenvalue weighted by Crippen LogP contribution is 2.25. The molecular formula is C17H18ClF4N3O. The van der Waals surface area contributed by atoms with Gasteiger partial charge in [-0.05, 0) is 38.5 Å². The molecule has 1 aromatic heterocycles. The number of hydrogen-bond donors (Lipinski definition) is 1. The third-order valence-corrected chi connectivity index (χ3v) is 4.22. The predicted octanol–water partition coefficient (Wildman–Crippen LogP) is 4.27. The second-order valence-corrected chi connectivity index (χ2v) is 6.48. The number of carbonyl (C=O) groups is 1. The van der Waals surface area contributed by atoms with Gasteiger partial charge in [0.2, 0.25) is 5.91 Å². The molecule has 0 saturated carbocycles. The SMILES string of the molecule is Cc1nn(CC(F)(F)F)c(C)c1C(C)NC(=O)Cc1ccc(F)c(Cl)c1. The molecule has 0 aliphatic carbocycles. The fourth-order valence-electron chi connectivity index (χ4n) is 2.86. The van der Waals surface area contributed by atoms with Crippen molar-refractivity contribution < 1.29 is 22.4 Å². The Kier molecular flexibility index (Phi) is 5.95. The van der Waals surface area contributed by atoms with E-state index >= 15 is 0 Å². The van der Waals surface area contributed by atoms with Crippen molar-refractivity contribution in [1.29, 1.82) is 0 Å². The van der Waals surface area contributed by atoms with E-state index in [4.69, 9.17) is 11.6 Å². The van der Waals surface area contributed by atoms with Gasteiger partial charge in [-0.2, -0.15) is 18.3 Å². The van der Waals surface area contributed by atoms with Gasteiger partial charge in [-0.25, -0.2) is 4.39 Å². The van der Waals surface area contributed by atoms with E-state index in [0.29, 0.717) is 22.5 Å². The maximum atomic E-state index is 13.2. The lowest BCUT2D eigenvalue weighted by Gasteiger charge is -2.15. The smallest absolute Gasteiger partial charge is 0.349 e. The van der Waals surface area contributed by atoms with Gasteiger partial charge in [-0.1, -0.05) is 17.7 Å². The quantitative estimate of drug-likeness (QED) is 0.773. The van der Waals surface area contributed by atoms with Crippen molar-refractivity contribution in [1.82, 2.24) is 15.1 Å². The summed E-state index contributed by atoms with van der Waals surface area (Å²) in [6, 6.07) is 3.45. The Labute approximate surface area is 153 Å². The van der Waals surface area contributed by atoms with Crippen LogP contribution in [0.15, 0.2) is 18.2 Å². The van der Waals surface area contributed by atoms with Crippen LogP contribution in [0.25, 0.3) is 0 Å². The van der Waals surface area contributed by atoms with E-state index in [9.17, 15) is 22.4 Å². The minimum absolute atomic E-state index is 0.0286. The number of nitrogens with one attached hydrogen (secondary N) is 1. The van der Waals surface area contributed by atoms with E-state index in [0.717, 1.165) is 4.68 Å². The molecule has 0 saturated heterocycles. The minimum atomic E-state index is -4.38. The Balaban J connectivity index is 2.10. The minimum Gasteiger partial charge on any atom is -0.349 e. The first-order chi connectivity index (χ1) is 12.0. The van der Waals surface area contributed by atoms with Crippen LogP contribution < -0.4 is 5.32 Å². The molecule has 0 aliphatic heterocycles. The van der Waals surface area contributed by atoms with Gasteiger partial charge >= 0.3 is 6.18 Å². The average molecular weight is 392 g/mol. The number of carbonyl (C=O) groups excluding carboxylic acids is 1. The Hall–Kier alpha value is -2.09. The molecule has 26 heavy (non-hydrogen) atoms. The van der Waals surface area contributed by atoms with Gasteiger partial charge in [-0.3, -0.25) is 9.48 Å². The number of rotatable bonds is 5. The van der Waals surface area contributed by atoms with Crippen molar-refractivity contribution in [3.05, 3.63) is 51.6 Å². The molecule has 1 aromatic carbocycles. The lowest BCUT2D eigenvalue weighted by Crippen LogP contribution is -2.29. The molecule has 0 radical (unpaired) electrons. The summed E-state index contributed by atoms with van der Waals surface area (Å²) in [5.41, 5.74) is 1.84. The summed E-state index contributed by atoms with van der Waals surface area (Å²) in [4.78, 5) is 12.2. The Morgan fingerprint density at radius 3 is 2.58 bits per heavy atom. The van der Waals surface area contributed by atoms with Crippen molar-refractivity contribution in [3.63, 3.8) is 0 Å². The molecule has 0 bridgehead atoms. The van der Waals surface area contributed by atoms with Crippen molar-refractivity contribution in [2.75, 3.05) is 0 Å². The number of aromatic nitrogens is 2. The second kappa shape index (κ2) is 7.65. The average Bonchev–Trinajstić information content (AvgIpc) is 2.75. The summed E-state index contributed by atoms with van der Waals surface area (Å²) in [6.07, 6.45) is -4.41. The number of hydrogen-bond acceptors (Lipinski definition) is 2. The lowest BCUT2D eigenvalue weighted by molar-refractivity contribution is -0.143. The van der Waals surface area contributed by atoms with E-state index in [2.05, 4.69) is 10.4 Å². The highest BCUT2D eigenvalue weighted by Gasteiger charge is 2.30. The van der Waals surface area contributed by atoms with Gasteiger partial charge in [0.15, 0.2) is 0 Å². The number of amides is 1. The van der Waals surface area contributed by atoms with Crippen LogP contribution in [0.1, 0.15) is 35.5 Å². The van der Waals surface area contributed by atoms with Gasteiger partial charge in [-0.15, -0.1) is 0 Å². The zero-order valence-corrected chi connectivity index (χ0v) is 15.2. The molecule has 1 heterocycles. The molecule has 1 N–H and O–H groups in total. The molecule has 1 atom stereocenters. The Morgan fingerprint density at radius 2 is 2.00 bits per heavy atom. The van der Waals surface area contributed by atoms with Gasteiger partial charge in [0.25, 0.3) is 0 Å². The maximum Gasteiger partial charge on any atom is 0.408 e. The highest BCUT2D eigenvalue weighted by atomic mass is 35.5. The summed E-state index contributed by atoms with van der Waals surface area (Å²) < 4.78 is 51.9. The zero-order chi connectivity index (χ0) is 19.6. The molecule has 0 aliphatic rings. The predicted molar refractivity (Wildman–Crippen MR) is 89.4 cm³/mol. The van der Waals surface area contributed by atoms with Crippen molar-refractivity contribution in [2.45, 2.75) is 46.0 Å². The van der Waals surface area contributed by atoms with E-state index < -0.39 is 24.6 Å². The van der Waals surface area contributed by atoms with E-state index in [1.54, 1.807) is 13.8 Å². The number of alkyl halides is 3. The first-order valence-electron chi connectivity index (χ1n) is 7.82. The van der Waals surface area contributed by atoms with Crippen LogP contribution in [0, 0.1) is 19.7 Å². The van der Waals surface area contributed by atoms with Crippen LogP contribution in [0.3, 0.4) is 0 Å². The molecule has 0 spiro atoms. The first kappa shape index (κ1) is 20.2. The second-order valence-electron chi connectivity index (χ2n) is 6.07. The molecule has 0 fully saturated rings. The monoisotopic (exact) mass is 391 g/mol. The van der Waals surface area contributed by atoms with E-state index in [1.807, 2.05) is 0 Å². The largest absolute Gasteiger partial charge is 0.408 e. The van der Waals surface area contributed by atoms with Crippen LogP contribution in [0.4, 0.5) is 17.6 Å². The Morgan fingerprint density at radius 1 is 1.35 bits per heavy atom. The topological polar surface area (TPSA) is 46.9 Å². The molecular weight excluding hydrogens is 374 g/mol. The normalized spacial score (nSPS) is 12.9. The van der Waals surface area contributed by atoms with Crippen LogP contribution in [-0.2, 0) is 17.8 Å². The first-order valence-corrected chi connectivity index (χ1v) is 8.19. The van der Waals surface area contributed by atoms with Gasteiger partial charge in [0, 0.05) is 11.3 Å². The van der Waals surface area contributed by atoms with Crippen LogP contribution in [0.5, 0.6) is 0 Å². The maximum absolute atomic E-state index is 13.2. The zero-order valence-electron chi connectivity index (χ0n) is 14.4. The Bertz CT molecular complexity index is 817. The highest BCUT2D eigenvalue weighted by molar-refractivity contribution is 6.30. The third-order valence-electron chi connectivity index (χ3n) is 3.93. The fraction of sp³-hybridized carbons (Fsp3) is 0.412. The van der Waals surface area contributed by atoms with Crippen molar-refractivity contribution in [2.24, 2.45) is 0 Å². The molecule has 1 amide bonds. The number of aryl methyl sites for hydroxylation is 1. The van der Waals surface area contributed by atoms with Crippen molar-refractivity contribution in [3.8, 4) is 0 Å². The van der Waals surface area contributed by atoms with Crippen LogP contribution in [0.2, 0.25) is 5.02 Å². The molecule has 142 valence electrons. The third kappa shape index (κ3) is 4.97. The molecule has 2 aromatic rings. The molecule has 4 nitrogen and oxygen atoms in total. The van der Waals surface area contributed by atoms with Gasteiger partial charge in [0.05, 0.1) is 23.2 Å². The van der Waals surface area contributed by atoms with Gasteiger partial charge in [0.1, 0.15) is 12.4 Å². The summed E-state index contributed by atoms with van der Waals surface area (Å²) >= 11 is 5.69. The summed E-state index contributed by atoms with van der Waals surface area (Å²) in [5.74, 6) is -0.935. The summed E-state index contributed by atoms with van der Waals surface area (Å²) in [6.45, 7) is 3.61. The van der Waals surface area contributed by atoms with Crippen LogP contribution in [-0.4, -0.2) is 21.9 Å². The lowest BCUT2D eigenvalue weighted by atomic mass is 10.1. The van der Waals surface area contributed by atoms with Crippen molar-refractivity contribution >= 4 is 17.5 Å². The summed E-state index contributed by atoms with van der Waals surface area (Å²) in [5, 5.41) is 6.56. The van der Waals surface area contributed by atoms with E-state index in [-0.39, 0.29) is 17.4 Å². The number of halogens is 5. The molecule has 9 heteroatoms. The van der Waals surface area contributed by atoms with Crippen LogP contribution >= 0.6 is 11.6 Å². The fourth-order valence-corrected chi connectivity index (χ4v) is 3.06. The van der Waals surface area contributed by atoms with Gasteiger partial charge < -0.3 is 5.32 Å². The van der Waals surface area contributed by atoms with E-state index in [1.165, 1.54) is 25.1 Å². The standard InChI is InChI=1S/C17H18ClF4N3O/c1-9(16-10(2)24-25(11(16)3)8-17(20,21)22)23-15(26)7-12-4-5-14(19)13(18)6-12/h4-6,9H,7-8H2,1-3H3,(H,23,26). The number of benzene rings is 1. The molecule has 2 rings (SSSR count).